The molecule has 0 aliphatic heterocycles. The summed E-state index contributed by atoms with van der Waals surface area (Å²) in [5, 5.41) is 11.1. The molecular weight excluding hydrogens is 230 g/mol. The van der Waals surface area contributed by atoms with Gasteiger partial charge in [-0.1, -0.05) is 19.0 Å². The SMILES string of the molecule is CC(C)CS(=O)(=O)NCCCCC(N)=NO. The maximum absolute atomic E-state index is 11.4. The van der Waals surface area contributed by atoms with E-state index in [2.05, 4.69) is 9.88 Å². The van der Waals surface area contributed by atoms with Crippen LogP contribution >= 0.6 is 0 Å². The normalized spacial score (nSPS) is 13.3. The van der Waals surface area contributed by atoms with E-state index in [0.29, 0.717) is 25.8 Å². The number of amidine groups is 1. The molecule has 0 aromatic rings. The quantitative estimate of drug-likeness (QED) is 0.192. The molecule has 96 valence electrons. The van der Waals surface area contributed by atoms with Crippen LogP contribution in [0.1, 0.15) is 33.1 Å². The molecule has 0 radical (unpaired) electrons. The van der Waals surface area contributed by atoms with Crippen molar-refractivity contribution in [3.63, 3.8) is 0 Å². The number of nitrogens with two attached hydrogens (primary N) is 1. The highest BCUT2D eigenvalue weighted by Crippen LogP contribution is 1.99. The minimum Gasteiger partial charge on any atom is -0.409 e. The Labute approximate surface area is 97.0 Å². The minimum absolute atomic E-state index is 0.120. The molecule has 0 aliphatic carbocycles. The summed E-state index contributed by atoms with van der Waals surface area (Å²) < 4.78 is 25.3. The van der Waals surface area contributed by atoms with Gasteiger partial charge in [-0.15, -0.1) is 0 Å². The Morgan fingerprint density at radius 3 is 2.56 bits per heavy atom. The van der Waals surface area contributed by atoms with Crippen molar-refractivity contribution in [2.45, 2.75) is 33.1 Å². The molecule has 0 bridgehead atoms. The van der Waals surface area contributed by atoms with Crippen LogP contribution in [-0.4, -0.2) is 31.8 Å². The van der Waals surface area contributed by atoms with E-state index in [0.717, 1.165) is 0 Å². The highest BCUT2D eigenvalue weighted by molar-refractivity contribution is 7.89. The average Bonchev–Trinajstić information content (AvgIpc) is 2.14. The largest absolute Gasteiger partial charge is 0.409 e. The summed E-state index contributed by atoms with van der Waals surface area (Å²) in [5.41, 5.74) is 5.27. The first-order chi connectivity index (χ1) is 7.37. The average molecular weight is 251 g/mol. The molecule has 0 heterocycles. The first-order valence-corrected chi connectivity index (χ1v) is 6.96. The fraction of sp³-hybridized carbons (Fsp3) is 0.889. The Kier molecular flexibility index (Phi) is 7.07. The Morgan fingerprint density at radius 1 is 1.44 bits per heavy atom. The molecule has 0 saturated heterocycles. The fourth-order valence-electron chi connectivity index (χ4n) is 1.21. The summed E-state index contributed by atoms with van der Waals surface area (Å²) in [6.45, 7) is 4.11. The van der Waals surface area contributed by atoms with Gasteiger partial charge in [0.1, 0.15) is 5.84 Å². The maximum atomic E-state index is 11.4. The second-order valence-electron chi connectivity index (χ2n) is 4.12. The van der Waals surface area contributed by atoms with E-state index < -0.39 is 10.0 Å². The van der Waals surface area contributed by atoms with Crippen molar-refractivity contribution in [3.8, 4) is 0 Å². The van der Waals surface area contributed by atoms with Gasteiger partial charge in [-0.05, 0) is 18.8 Å². The first-order valence-electron chi connectivity index (χ1n) is 5.31. The van der Waals surface area contributed by atoms with Gasteiger partial charge in [-0.25, -0.2) is 13.1 Å². The van der Waals surface area contributed by atoms with E-state index in [9.17, 15) is 8.42 Å². The monoisotopic (exact) mass is 251 g/mol. The lowest BCUT2D eigenvalue weighted by Crippen LogP contribution is -2.29. The van der Waals surface area contributed by atoms with Crippen molar-refractivity contribution >= 4 is 15.9 Å². The van der Waals surface area contributed by atoms with E-state index in [1.165, 1.54) is 0 Å². The molecule has 0 spiro atoms. The van der Waals surface area contributed by atoms with E-state index in [1.54, 1.807) is 0 Å². The Morgan fingerprint density at radius 2 is 2.06 bits per heavy atom. The zero-order valence-corrected chi connectivity index (χ0v) is 10.6. The molecular formula is C9H21N3O3S. The molecule has 0 amide bonds. The molecule has 4 N–H and O–H groups in total. The number of oxime groups is 1. The van der Waals surface area contributed by atoms with Gasteiger partial charge in [0.15, 0.2) is 0 Å². The van der Waals surface area contributed by atoms with Gasteiger partial charge in [0, 0.05) is 13.0 Å². The lowest BCUT2D eigenvalue weighted by molar-refractivity contribution is 0.316. The van der Waals surface area contributed by atoms with Crippen molar-refractivity contribution in [1.29, 1.82) is 0 Å². The Balaban J connectivity index is 3.66. The van der Waals surface area contributed by atoms with Crippen LogP contribution in [0.25, 0.3) is 0 Å². The van der Waals surface area contributed by atoms with Crippen LogP contribution in [0.4, 0.5) is 0 Å². The highest BCUT2D eigenvalue weighted by Gasteiger charge is 2.11. The van der Waals surface area contributed by atoms with Gasteiger partial charge < -0.3 is 10.9 Å². The van der Waals surface area contributed by atoms with Crippen LogP contribution in [0, 0.1) is 5.92 Å². The maximum Gasteiger partial charge on any atom is 0.211 e. The summed E-state index contributed by atoms with van der Waals surface area (Å²) in [6, 6.07) is 0. The molecule has 7 heteroatoms. The molecule has 0 aliphatic rings. The van der Waals surface area contributed by atoms with Crippen LogP contribution in [0.2, 0.25) is 0 Å². The van der Waals surface area contributed by atoms with Crippen molar-refractivity contribution in [2.24, 2.45) is 16.8 Å². The molecule has 0 fully saturated rings. The van der Waals surface area contributed by atoms with E-state index in [4.69, 9.17) is 10.9 Å². The van der Waals surface area contributed by atoms with E-state index in [-0.39, 0.29) is 17.5 Å². The third-order valence-corrected chi connectivity index (χ3v) is 3.61. The van der Waals surface area contributed by atoms with Gasteiger partial charge in [-0.3, -0.25) is 0 Å². The molecule has 0 aromatic carbocycles. The summed E-state index contributed by atoms with van der Waals surface area (Å²) in [5.74, 6) is 0.437. The predicted molar refractivity (Wildman–Crippen MR) is 63.9 cm³/mol. The third kappa shape index (κ3) is 8.49. The van der Waals surface area contributed by atoms with Gasteiger partial charge in [-0.2, -0.15) is 0 Å². The molecule has 0 atom stereocenters. The van der Waals surface area contributed by atoms with Gasteiger partial charge in [0.05, 0.1) is 5.75 Å². The molecule has 0 saturated carbocycles. The zero-order chi connectivity index (χ0) is 12.6. The number of hydrogen-bond donors (Lipinski definition) is 3. The highest BCUT2D eigenvalue weighted by atomic mass is 32.2. The summed E-state index contributed by atoms with van der Waals surface area (Å²) >= 11 is 0. The molecule has 0 unspecified atom stereocenters. The predicted octanol–water partition coefficient (Wildman–Crippen LogP) is 0.479. The van der Waals surface area contributed by atoms with Crippen molar-refractivity contribution in [2.75, 3.05) is 12.3 Å². The molecule has 16 heavy (non-hydrogen) atoms. The lowest BCUT2D eigenvalue weighted by atomic mass is 10.2. The van der Waals surface area contributed by atoms with Crippen molar-refractivity contribution in [3.05, 3.63) is 0 Å². The molecule has 0 rings (SSSR count). The standard InChI is InChI=1S/C9H21N3O3S/c1-8(2)7-16(14,15)11-6-4-3-5-9(10)12-13/h8,11,13H,3-7H2,1-2H3,(H2,10,12). The number of hydrogen-bond acceptors (Lipinski definition) is 4. The molecule has 6 nitrogen and oxygen atoms in total. The smallest absolute Gasteiger partial charge is 0.211 e. The second-order valence-corrected chi connectivity index (χ2v) is 5.97. The lowest BCUT2D eigenvalue weighted by Gasteiger charge is -2.08. The van der Waals surface area contributed by atoms with Gasteiger partial charge >= 0.3 is 0 Å². The Bertz CT molecular complexity index is 312. The first kappa shape index (κ1) is 15.2. The van der Waals surface area contributed by atoms with Crippen molar-refractivity contribution < 1.29 is 13.6 Å². The van der Waals surface area contributed by atoms with Crippen LogP contribution in [0.15, 0.2) is 5.16 Å². The van der Waals surface area contributed by atoms with Gasteiger partial charge in [0.25, 0.3) is 0 Å². The number of unbranched alkanes of at least 4 members (excludes halogenated alkanes) is 1. The number of nitrogens with one attached hydrogen (secondary N) is 1. The zero-order valence-electron chi connectivity index (χ0n) is 9.81. The number of nitrogens with zero attached hydrogens (tertiary/aromatic N) is 1. The number of rotatable bonds is 8. The van der Waals surface area contributed by atoms with Crippen molar-refractivity contribution in [1.82, 2.24) is 4.72 Å². The van der Waals surface area contributed by atoms with Crippen LogP contribution in [0.5, 0.6) is 0 Å². The third-order valence-electron chi connectivity index (χ3n) is 1.86. The van der Waals surface area contributed by atoms with Gasteiger partial charge in [0.2, 0.25) is 10.0 Å². The van der Waals surface area contributed by atoms with Crippen LogP contribution < -0.4 is 10.5 Å². The second kappa shape index (κ2) is 7.45. The van der Waals surface area contributed by atoms with E-state index in [1.807, 2.05) is 13.8 Å². The topological polar surface area (TPSA) is 105 Å². The van der Waals surface area contributed by atoms with Crippen LogP contribution in [0.3, 0.4) is 0 Å². The summed E-state index contributed by atoms with van der Waals surface area (Å²) in [6.07, 6.45) is 1.84. The number of sulfonamides is 1. The fourth-order valence-corrected chi connectivity index (χ4v) is 2.66. The Hall–Kier alpha value is -0.820. The summed E-state index contributed by atoms with van der Waals surface area (Å²) in [7, 11) is -3.15. The van der Waals surface area contributed by atoms with Crippen LogP contribution in [-0.2, 0) is 10.0 Å². The summed E-state index contributed by atoms with van der Waals surface area (Å²) in [4.78, 5) is 0. The molecule has 0 aromatic heterocycles. The van der Waals surface area contributed by atoms with E-state index >= 15 is 0 Å². The minimum atomic E-state index is -3.15.